The molecule has 5 atom stereocenters. The van der Waals surface area contributed by atoms with Crippen LogP contribution in [0.4, 0.5) is 0 Å². The first-order chi connectivity index (χ1) is 9.78. The molecular weight excluding hydrogens is 270 g/mol. The van der Waals surface area contributed by atoms with Crippen molar-refractivity contribution in [1.82, 2.24) is 4.90 Å². The van der Waals surface area contributed by atoms with Crippen molar-refractivity contribution in [2.75, 3.05) is 14.1 Å². The monoisotopic (exact) mass is 301 g/mol. The average Bonchev–Trinajstić information content (AvgIpc) is 2.42. The molecule has 124 valence electrons. The van der Waals surface area contributed by atoms with Crippen molar-refractivity contribution in [2.24, 2.45) is 11.8 Å². The maximum absolute atomic E-state index is 10.9. The highest BCUT2D eigenvalue weighted by Crippen LogP contribution is 2.24. The van der Waals surface area contributed by atoms with E-state index < -0.39 is 18.1 Å². The quantitative estimate of drug-likeness (QED) is 0.463. The molecule has 0 saturated heterocycles. The van der Waals surface area contributed by atoms with Crippen molar-refractivity contribution >= 4 is 12.6 Å². The summed E-state index contributed by atoms with van der Waals surface area (Å²) in [6.07, 6.45) is 1.73. The Balaban J connectivity index is 5.15. The lowest BCUT2D eigenvalue weighted by Crippen LogP contribution is -2.48. The van der Waals surface area contributed by atoms with Crippen LogP contribution in [0.25, 0.3) is 0 Å². The van der Waals surface area contributed by atoms with Crippen LogP contribution in [-0.4, -0.2) is 61.0 Å². The molecule has 1 unspecified atom stereocenters. The number of ether oxygens (including phenoxy) is 1. The molecule has 1 N–H and O–H groups in total. The van der Waals surface area contributed by atoms with Crippen molar-refractivity contribution in [3.05, 3.63) is 0 Å². The van der Waals surface area contributed by atoms with Crippen LogP contribution in [0.2, 0.25) is 0 Å². The van der Waals surface area contributed by atoms with E-state index in [1.54, 1.807) is 13.8 Å². The van der Waals surface area contributed by atoms with Gasteiger partial charge in [-0.05, 0) is 40.3 Å². The molecule has 0 radical (unpaired) electrons. The van der Waals surface area contributed by atoms with Crippen LogP contribution in [0, 0.1) is 11.8 Å². The van der Waals surface area contributed by atoms with Gasteiger partial charge in [0, 0.05) is 6.04 Å². The molecule has 0 spiro atoms. The molecule has 0 aliphatic heterocycles. The molecule has 0 fully saturated rings. The number of carbonyl (C=O) groups is 2. The summed E-state index contributed by atoms with van der Waals surface area (Å²) >= 11 is 0. The van der Waals surface area contributed by atoms with Gasteiger partial charge in [0.1, 0.15) is 12.6 Å². The number of aliphatic hydroxyl groups is 1. The fourth-order valence-electron chi connectivity index (χ4n) is 2.42. The Morgan fingerprint density at radius 3 is 2.00 bits per heavy atom. The topological polar surface area (TPSA) is 66.8 Å². The van der Waals surface area contributed by atoms with Gasteiger partial charge in [-0.15, -0.1) is 0 Å². The lowest BCUT2D eigenvalue weighted by Gasteiger charge is -2.38. The van der Waals surface area contributed by atoms with E-state index in [9.17, 15) is 14.7 Å². The van der Waals surface area contributed by atoms with Crippen LogP contribution >= 0.6 is 0 Å². The van der Waals surface area contributed by atoms with E-state index in [4.69, 9.17) is 4.74 Å². The fourth-order valence-corrected chi connectivity index (χ4v) is 2.42. The molecule has 0 saturated carbocycles. The van der Waals surface area contributed by atoms with E-state index in [2.05, 4.69) is 13.8 Å². The minimum Gasteiger partial charge on any atom is -0.393 e. The van der Waals surface area contributed by atoms with Gasteiger partial charge in [-0.1, -0.05) is 20.3 Å². The van der Waals surface area contributed by atoms with Gasteiger partial charge < -0.3 is 24.3 Å². The van der Waals surface area contributed by atoms with Crippen molar-refractivity contribution in [2.45, 2.75) is 64.9 Å². The second-order valence-electron chi connectivity index (χ2n) is 6.16. The van der Waals surface area contributed by atoms with Crippen molar-refractivity contribution in [1.29, 1.82) is 0 Å². The summed E-state index contributed by atoms with van der Waals surface area (Å²) in [5.41, 5.74) is 0. The van der Waals surface area contributed by atoms with E-state index in [-0.39, 0.29) is 18.1 Å². The maximum atomic E-state index is 10.9. The van der Waals surface area contributed by atoms with Gasteiger partial charge in [-0.25, -0.2) is 0 Å². The number of aliphatic hydroxyl groups excluding tert-OH is 1. The highest BCUT2D eigenvalue weighted by molar-refractivity contribution is 5.78. The molecule has 5 nitrogen and oxygen atoms in total. The van der Waals surface area contributed by atoms with E-state index >= 15 is 0 Å². The van der Waals surface area contributed by atoms with Gasteiger partial charge in [-0.3, -0.25) is 0 Å². The van der Waals surface area contributed by atoms with Crippen LogP contribution in [0.1, 0.15) is 40.5 Å². The Morgan fingerprint density at radius 1 is 1.14 bits per heavy atom. The SMILES string of the molecule is CC[C@H](C)[C@@H](OC(C)C(C=O)C=O)[C@@H](C[C@@H](C)O)N(C)C. The Labute approximate surface area is 128 Å². The Morgan fingerprint density at radius 2 is 1.67 bits per heavy atom. The van der Waals surface area contributed by atoms with Crippen molar-refractivity contribution in [3.8, 4) is 0 Å². The first kappa shape index (κ1) is 20.2. The maximum Gasteiger partial charge on any atom is 0.132 e. The first-order valence-electron chi connectivity index (χ1n) is 7.68. The largest absolute Gasteiger partial charge is 0.393 e. The van der Waals surface area contributed by atoms with Crippen molar-refractivity contribution in [3.63, 3.8) is 0 Å². The summed E-state index contributed by atoms with van der Waals surface area (Å²) < 4.78 is 6.06. The average molecular weight is 301 g/mol. The molecule has 0 aliphatic rings. The molecule has 21 heavy (non-hydrogen) atoms. The van der Waals surface area contributed by atoms with Crippen LogP contribution < -0.4 is 0 Å². The number of nitrogens with zero attached hydrogens (tertiary/aromatic N) is 1. The van der Waals surface area contributed by atoms with Gasteiger partial charge in [0.25, 0.3) is 0 Å². The fraction of sp³-hybridized carbons (Fsp3) is 0.875. The Kier molecular flexibility index (Phi) is 9.66. The van der Waals surface area contributed by atoms with E-state index in [1.165, 1.54) is 0 Å². The molecular formula is C16H31NO4. The third-order valence-corrected chi connectivity index (χ3v) is 4.06. The molecule has 5 heteroatoms. The highest BCUT2D eigenvalue weighted by Gasteiger charge is 2.32. The van der Waals surface area contributed by atoms with Gasteiger partial charge in [0.2, 0.25) is 0 Å². The second-order valence-corrected chi connectivity index (χ2v) is 6.16. The molecule has 0 rings (SSSR count). The number of hydrogen-bond donors (Lipinski definition) is 1. The second kappa shape index (κ2) is 10.0. The summed E-state index contributed by atoms with van der Waals surface area (Å²) in [5.74, 6) is -0.483. The summed E-state index contributed by atoms with van der Waals surface area (Å²) in [5, 5.41) is 9.72. The Bertz CT molecular complexity index is 299. The van der Waals surface area contributed by atoms with Crippen LogP contribution in [-0.2, 0) is 14.3 Å². The molecule has 0 heterocycles. The summed E-state index contributed by atoms with van der Waals surface area (Å²) in [6, 6.07) is 0.0290. The lowest BCUT2D eigenvalue weighted by molar-refractivity contribution is -0.133. The number of rotatable bonds is 11. The van der Waals surface area contributed by atoms with Gasteiger partial charge in [0.15, 0.2) is 0 Å². The molecule has 0 aromatic rings. The first-order valence-corrected chi connectivity index (χ1v) is 7.68. The third kappa shape index (κ3) is 6.68. The zero-order valence-corrected chi connectivity index (χ0v) is 14.2. The van der Waals surface area contributed by atoms with Crippen LogP contribution in [0.15, 0.2) is 0 Å². The predicted molar refractivity (Wildman–Crippen MR) is 83.2 cm³/mol. The summed E-state index contributed by atoms with van der Waals surface area (Å²) in [6.45, 7) is 7.68. The van der Waals surface area contributed by atoms with E-state index in [0.717, 1.165) is 6.42 Å². The van der Waals surface area contributed by atoms with Crippen LogP contribution in [0.5, 0.6) is 0 Å². The number of hydrogen-bond acceptors (Lipinski definition) is 5. The lowest BCUT2D eigenvalue weighted by atomic mass is 9.90. The van der Waals surface area contributed by atoms with Gasteiger partial charge in [-0.2, -0.15) is 0 Å². The minimum atomic E-state index is -0.745. The standard InChI is InChI=1S/C16H31NO4/c1-7-11(2)16(15(17(5)6)8-12(3)20)21-13(4)14(9-18)10-19/h9-16,20H,7-8H2,1-6H3/t11-,12+,13?,15+,16+/m0/s1. The van der Waals surface area contributed by atoms with Gasteiger partial charge in [0.05, 0.1) is 24.2 Å². The normalized spacial score (nSPS) is 19.1. The van der Waals surface area contributed by atoms with Gasteiger partial charge >= 0.3 is 0 Å². The molecule has 0 bridgehead atoms. The number of carbonyl (C=O) groups excluding carboxylic acids is 2. The number of aldehydes is 2. The van der Waals surface area contributed by atoms with E-state index in [1.807, 2.05) is 19.0 Å². The highest BCUT2D eigenvalue weighted by atomic mass is 16.5. The molecule has 0 aliphatic carbocycles. The van der Waals surface area contributed by atoms with Crippen molar-refractivity contribution < 1.29 is 19.4 Å². The Hall–Kier alpha value is -0.780. The summed E-state index contributed by atoms with van der Waals surface area (Å²) in [4.78, 5) is 23.9. The predicted octanol–water partition coefficient (Wildman–Crippen LogP) is 1.52. The zero-order valence-electron chi connectivity index (χ0n) is 14.2. The van der Waals surface area contributed by atoms with E-state index in [0.29, 0.717) is 19.0 Å². The minimum absolute atomic E-state index is 0.0290. The molecule has 0 aromatic carbocycles. The molecule has 0 aromatic heterocycles. The number of likely N-dealkylation sites (N-methyl/N-ethyl adjacent to an activating group) is 1. The van der Waals surface area contributed by atoms with Crippen LogP contribution in [0.3, 0.4) is 0 Å². The smallest absolute Gasteiger partial charge is 0.132 e. The third-order valence-electron chi connectivity index (χ3n) is 4.06. The molecule has 0 amide bonds. The summed E-state index contributed by atoms with van der Waals surface area (Å²) in [7, 11) is 3.90. The zero-order chi connectivity index (χ0) is 16.6.